The van der Waals surface area contributed by atoms with Crippen molar-refractivity contribution in [3.8, 4) is 0 Å². The molecule has 0 aromatic heterocycles. The van der Waals surface area contributed by atoms with Crippen LogP contribution in [-0.2, 0) is 52.7 Å². The predicted octanol–water partition coefficient (Wildman–Crippen LogP) is -3.45. The first-order valence-corrected chi connectivity index (χ1v) is 25.8. The number of hydrogen-bond donors (Lipinski definition) is 15. The molecule has 2 aliphatic heterocycles. The standard InChI is InChI=1S/C42H70N12O14S3/c1-4-21(2)32(52-37(63)29-10-6-15-53(29)39(65)22(43)19-69)38(64)48-23(11-12-30(55)56)33(59)50-26(18-31(57)58)35(61)49-25(8-5-14-46-42(44)45)40(66)54-16-7-9-28(54)36(62)47-24(13-17-71-3)34(60)51-27(20-70)41(67)68/h21-29,32,69-70H,4-20,43H2,1-3H3,(H,47,62)(H,48,64)(H,49,61)(H,50,59)(H,51,60)(H,52,63)(H,55,56)(H,57,58)(H,67,68)(H4,44,45,46). The van der Waals surface area contributed by atoms with Crippen molar-refractivity contribution in [2.24, 2.45) is 17.4 Å². The van der Waals surface area contributed by atoms with E-state index in [4.69, 9.17) is 16.9 Å². The highest BCUT2D eigenvalue weighted by Crippen LogP contribution is 2.22. The number of nitrogens with zero attached hydrogens (tertiary/aromatic N) is 2. The normalized spacial score (nSPS) is 18.7. The Morgan fingerprint density at radius 2 is 1.21 bits per heavy atom. The van der Waals surface area contributed by atoms with Crippen LogP contribution in [0.5, 0.6) is 0 Å². The van der Waals surface area contributed by atoms with Gasteiger partial charge in [0.1, 0.15) is 48.3 Å². The van der Waals surface area contributed by atoms with Crippen LogP contribution in [0.1, 0.15) is 84.5 Å². The maximum absolute atomic E-state index is 14.3. The van der Waals surface area contributed by atoms with Crippen LogP contribution in [0, 0.1) is 11.3 Å². The molecule has 71 heavy (non-hydrogen) atoms. The Labute approximate surface area is 426 Å². The number of rotatable bonds is 31. The van der Waals surface area contributed by atoms with Crippen molar-refractivity contribution in [1.82, 2.24) is 47.0 Å². The average molecular weight is 1060 g/mol. The highest BCUT2D eigenvalue weighted by molar-refractivity contribution is 7.98. The summed E-state index contributed by atoms with van der Waals surface area (Å²) in [6, 6.07) is -12.1. The Morgan fingerprint density at radius 1 is 0.690 bits per heavy atom. The fourth-order valence-corrected chi connectivity index (χ4v) is 8.67. The summed E-state index contributed by atoms with van der Waals surface area (Å²) in [6.45, 7) is 3.64. The van der Waals surface area contributed by atoms with Crippen LogP contribution in [-0.4, -0.2) is 194 Å². The smallest absolute Gasteiger partial charge is 0.327 e. The van der Waals surface area contributed by atoms with E-state index in [-0.39, 0.29) is 63.2 Å². The molecule has 2 saturated heterocycles. The Balaban J connectivity index is 2.41. The molecule has 15 N–H and O–H groups in total. The van der Waals surface area contributed by atoms with Crippen LogP contribution in [0.4, 0.5) is 0 Å². The molecule has 0 radical (unpaired) electrons. The van der Waals surface area contributed by atoms with E-state index in [1.807, 2.05) is 0 Å². The van der Waals surface area contributed by atoms with Crippen molar-refractivity contribution in [3.63, 3.8) is 0 Å². The van der Waals surface area contributed by atoms with Gasteiger partial charge in [-0.15, -0.1) is 0 Å². The second-order valence-corrected chi connectivity index (χ2v) is 18.9. The van der Waals surface area contributed by atoms with Gasteiger partial charge in [0.25, 0.3) is 0 Å². The molecular formula is C42H70N12O14S3. The molecule has 400 valence electrons. The molecule has 26 nitrogen and oxygen atoms in total. The number of carbonyl (C=O) groups is 11. The minimum Gasteiger partial charge on any atom is -0.481 e. The molecule has 29 heteroatoms. The van der Waals surface area contributed by atoms with Crippen molar-refractivity contribution in [3.05, 3.63) is 0 Å². The summed E-state index contributed by atoms with van der Waals surface area (Å²) in [7, 11) is 0. The number of carbonyl (C=O) groups excluding carboxylic acids is 8. The zero-order valence-electron chi connectivity index (χ0n) is 40.0. The molecule has 0 spiro atoms. The summed E-state index contributed by atoms with van der Waals surface area (Å²) in [4.78, 5) is 148. The van der Waals surface area contributed by atoms with Crippen molar-refractivity contribution in [2.75, 3.05) is 43.1 Å². The highest BCUT2D eigenvalue weighted by atomic mass is 32.2. The molecule has 10 unspecified atom stereocenters. The van der Waals surface area contributed by atoms with E-state index in [1.165, 1.54) is 21.6 Å². The molecule has 0 aromatic rings. The SMILES string of the molecule is CCC(C)C(NC(=O)C1CCCN1C(=O)C(N)CS)C(=O)NC(CCC(=O)O)C(=O)NC(CC(=O)O)C(=O)NC(CCCNC(=N)N)C(=O)N1CCCC1C(=O)NC(CCSC)C(=O)NC(CS)C(=O)O. The van der Waals surface area contributed by atoms with Gasteiger partial charge in [-0.1, -0.05) is 20.3 Å². The van der Waals surface area contributed by atoms with Gasteiger partial charge in [-0.3, -0.25) is 53.4 Å². The van der Waals surface area contributed by atoms with Crippen molar-refractivity contribution in [1.29, 1.82) is 5.41 Å². The number of guanidine groups is 1. The van der Waals surface area contributed by atoms with E-state index in [0.717, 1.165) is 0 Å². The lowest BCUT2D eigenvalue weighted by Gasteiger charge is -2.31. The van der Waals surface area contributed by atoms with Crippen LogP contribution in [0.3, 0.4) is 0 Å². The molecule has 2 rings (SSSR count). The summed E-state index contributed by atoms with van der Waals surface area (Å²) in [5.41, 5.74) is 11.3. The van der Waals surface area contributed by atoms with Gasteiger partial charge in [-0.2, -0.15) is 37.0 Å². The number of nitrogens with two attached hydrogens (primary N) is 2. The lowest BCUT2D eigenvalue weighted by molar-refractivity contribution is -0.144. The molecule has 8 amide bonds. The van der Waals surface area contributed by atoms with Gasteiger partial charge >= 0.3 is 17.9 Å². The summed E-state index contributed by atoms with van der Waals surface area (Å²) in [5, 5.41) is 53.6. The molecule has 0 aromatic carbocycles. The van der Waals surface area contributed by atoms with Crippen LogP contribution in [0.15, 0.2) is 0 Å². The van der Waals surface area contributed by atoms with Gasteiger partial charge in [0.2, 0.25) is 47.3 Å². The second kappa shape index (κ2) is 31.0. The van der Waals surface area contributed by atoms with Gasteiger partial charge in [-0.25, -0.2) is 4.79 Å². The Hall–Kier alpha value is -5.55. The maximum Gasteiger partial charge on any atom is 0.327 e. The van der Waals surface area contributed by atoms with Gasteiger partial charge < -0.3 is 73.8 Å². The van der Waals surface area contributed by atoms with Crippen LogP contribution in [0.25, 0.3) is 0 Å². The predicted molar refractivity (Wildman–Crippen MR) is 265 cm³/mol. The van der Waals surface area contributed by atoms with Gasteiger partial charge in [0.15, 0.2) is 5.96 Å². The molecule has 0 aliphatic carbocycles. The Kier molecular flexibility index (Phi) is 26.9. The molecular weight excluding hydrogens is 993 g/mol. The third kappa shape index (κ3) is 19.9. The van der Waals surface area contributed by atoms with E-state index in [1.54, 1.807) is 20.1 Å². The minimum absolute atomic E-state index is 0.0109. The zero-order chi connectivity index (χ0) is 53.5. The number of carboxylic acid groups (broad SMARTS) is 3. The molecule has 0 saturated carbocycles. The number of thioether (sulfide) groups is 1. The lowest BCUT2D eigenvalue weighted by Crippen LogP contribution is -2.61. The molecule has 2 fully saturated rings. The minimum atomic E-state index is -1.94. The number of carboxylic acids is 3. The van der Waals surface area contributed by atoms with E-state index in [9.17, 15) is 68.1 Å². The zero-order valence-corrected chi connectivity index (χ0v) is 42.6. The monoisotopic (exact) mass is 1060 g/mol. The molecule has 2 aliphatic rings. The third-order valence-electron chi connectivity index (χ3n) is 11.9. The number of aliphatic carboxylic acids is 3. The Morgan fingerprint density at radius 3 is 1.72 bits per heavy atom. The topological polar surface area (TPSA) is 415 Å². The summed E-state index contributed by atoms with van der Waals surface area (Å²) < 4.78 is 0. The quantitative estimate of drug-likeness (QED) is 0.0139. The van der Waals surface area contributed by atoms with Crippen LogP contribution >= 0.6 is 37.0 Å². The number of nitrogens with one attached hydrogen (secondary N) is 8. The van der Waals surface area contributed by atoms with E-state index < -0.39 is 151 Å². The lowest BCUT2D eigenvalue weighted by atomic mass is 9.97. The van der Waals surface area contributed by atoms with E-state index in [0.29, 0.717) is 25.0 Å². The summed E-state index contributed by atoms with van der Waals surface area (Å²) in [5.74, 6) is -11.9. The molecule has 10 atom stereocenters. The fourth-order valence-electron chi connectivity index (χ4n) is 7.79. The Bertz CT molecular complexity index is 1940. The van der Waals surface area contributed by atoms with Crippen molar-refractivity contribution >= 4 is 108 Å². The summed E-state index contributed by atoms with van der Waals surface area (Å²) >= 11 is 9.40. The number of amides is 8. The highest BCUT2D eigenvalue weighted by Gasteiger charge is 2.42. The molecule has 0 bridgehead atoms. The average Bonchev–Trinajstić information content (AvgIpc) is 4.03. The van der Waals surface area contributed by atoms with Gasteiger partial charge in [0, 0.05) is 37.6 Å². The van der Waals surface area contributed by atoms with E-state index in [2.05, 4.69) is 62.5 Å². The van der Waals surface area contributed by atoms with Crippen LogP contribution in [0.2, 0.25) is 0 Å². The molecule has 2 heterocycles. The first-order valence-electron chi connectivity index (χ1n) is 23.1. The van der Waals surface area contributed by atoms with E-state index >= 15 is 0 Å². The fraction of sp³-hybridized carbons (Fsp3) is 0.714. The van der Waals surface area contributed by atoms with Crippen molar-refractivity contribution < 1.29 is 68.1 Å². The van der Waals surface area contributed by atoms with Gasteiger partial charge in [-0.05, 0) is 69.3 Å². The second-order valence-electron chi connectivity index (χ2n) is 17.2. The third-order valence-corrected chi connectivity index (χ3v) is 13.3. The number of thiol groups is 2. The number of hydrogen-bond acceptors (Lipinski definition) is 16. The van der Waals surface area contributed by atoms with Crippen molar-refractivity contribution in [2.45, 2.75) is 139 Å². The first-order chi connectivity index (χ1) is 33.5. The number of likely N-dealkylation sites (tertiary alicyclic amines) is 2. The van der Waals surface area contributed by atoms with Gasteiger partial charge in [0.05, 0.1) is 12.5 Å². The van der Waals surface area contributed by atoms with Crippen LogP contribution < -0.4 is 48.7 Å². The largest absolute Gasteiger partial charge is 0.481 e. The maximum atomic E-state index is 14.3. The first kappa shape index (κ1) is 61.6. The summed E-state index contributed by atoms with van der Waals surface area (Å²) in [6.07, 6.45) is 0.988.